The summed E-state index contributed by atoms with van der Waals surface area (Å²) in [5, 5.41) is 28.9. The number of benzene rings is 3. The molecule has 5 heterocycles. The van der Waals surface area contributed by atoms with Gasteiger partial charge in [-0.2, -0.15) is 0 Å². The van der Waals surface area contributed by atoms with E-state index >= 15 is 0 Å². The molecule has 0 radical (unpaired) electrons. The molecule has 4 aliphatic heterocycles. The number of hydrogen-bond donors (Lipinski definition) is 7. The number of nitrogens with two attached hydrogens (primary N) is 1. The molecule has 20 heteroatoms. The van der Waals surface area contributed by atoms with Crippen molar-refractivity contribution in [1.29, 1.82) is 0 Å². The van der Waals surface area contributed by atoms with Gasteiger partial charge >= 0.3 is 0 Å². The second kappa shape index (κ2) is 25.2. The van der Waals surface area contributed by atoms with Gasteiger partial charge in [-0.1, -0.05) is 91.0 Å². The lowest BCUT2D eigenvalue weighted by Gasteiger charge is -2.34. The van der Waals surface area contributed by atoms with E-state index in [4.69, 9.17) is 10.5 Å². The lowest BCUT2D eigenvalue weighted by molar-refractivity contribution is -0.142. The van der Waals surface area contributed by atoms with Gasteiger partial charge in [-0.25, -0.2) is 5.53 Å². The van der Waals surface area contributed by atoms with Gasteiger partial charge in [0.25, 0.3) is 0 Å². The normalized spacial score (nSPS) is 22.7. The summed E-state index contributed by atoms with van der Waals surface area (Å²) in [4.78, 5) is 61.2. The Morgan fingerprint density at radius 3 is 2.29 bits per heavy atom. The van der Waals surface area contributed by atoms with Crippen molar-refractivity contribution in [2.45, 2.75) is 145 Å². The number of carbonyl (C=O) groups is 4. The molecule has 8 rings (SSSR count). The Balaban J connectivity index is 0.915. The van der Waals surface area contributed by atoms with Gasteiger partial charge in [-0.15, -0.1) is 15.7 Å². The third-order valence-corrected chi connectivity index (χ3v) is 15.6. The van der Waals surface area contributed by atoms with Gasteiger partial charge in [0.2, 0.25) is 28.8 Å². The number of ether oxygens (including phenoxy) is 1. The van der Waals surface area contributed by atoms with Crippen molar-refractivity contribution in [2.75, 3.05) is 26.7 Å². The maximum absolute atomic E-state index is 14.9. The molecule has 4 amide bonds. The molecule has 4 aliphatic rings. The zero-order valence-electron chi connectivity index (χ0n) is 41.9. The van der Waals surface area contributed by atoms with Crippen LogP contribution in [0.1, 0.15) is 95.0 Å². The van der Waals surface area contributed by atoms with Gasteiger partial charge < -0.3 is 41.5 Å². The Morgan fingerprint density at radius 1 is 0.903 bits per heavy atom. The molecule has 9 atom stereocenters. The number of aromatic nitrogens is 3. The van der Waals surface area contributed by atoms with Crippen LogP contribution in [0.5, 0.6) is 0 Å². The molecule has 3 fully saturated rings. The maximum Gasteiger partial charge on any atom is 0.248 e. The van der Waals surface area contributed by atoms with E-state index in [1.54, 1.807) is 43.5 Å². The Kier molecular flexibility index (Phi) is 18.3. The van der Waals surface area contributed by atoms with E-state index in [9.17, 15) is 19.2 Å². The molecule has 8 N–H and O–H groups in total. The number of likely N-dealkylation sites (tertiary alicyclic amines) is 1. The van der Waals surface area contributed by atoms with Crippen LogP contribution in [-0.4, -0.2) is 134 Å². The molecular weight excluding hydrogens is 933 g/mol. The number of hydrazine groups is 2. The van der Waals surface area contributed by atoms with Crippen LogP contribution < -0.4 is 38.1 Å². The molecule has 0 bridgehead atoms. The van der Waals surface area contributed by atoms with Gasteiger partial charge in [-0.3, -0.25) is 28.9 Å². The SMILES string of the molecule is CCC(N)C(=O)N[C@@H]1C(=O)N2[C@@H](CC[C@@H]1Cn1cc(CO[C@H](C)[C@H](NC(=O)[C@H](C)NC)C(=O)N3CCC[C@H]3CCN3NNN=C3Sc3ccccc3)nn1)CC[C@H]2CNC(c1ccccc1)c1ccccc1. The fraction of sp³-hybridized carbons (Fsp3) is 0.519. The van der Waals surface area contributed by atoms with Crippen molar-refractivity contribution in [3.8, 4) is 0 Å². The molecule has 19 nitrogen and oxygen atoms in total. The first-order valence-corrected chi connectivity index (χ1v) is 26.4. The van der Waals surface area contributed by atoms with Crippen LogP contribution in [-0.2, 0) is 37.1 Å². The Bertz CT molecular complexity index is 2390. The monoisotopic (exact) mass is 1000 g/mol. The highest BCUT2D eigenvalue weighted by molar-refractivity contribution is 8.13. The van der Waals surface area contributed by atoms with Gasteiger partial charge in [0, 0.05) is 55.1 Å². The van der Waals surface area contributed by atoms with E-state index in [0.717, 1.165) is 53.3 Å². The van der Waals surface area contributed by atoms with Gasteiger partial charge in [0.15, 0.2) is 0 Å². The number of likely N-dealkylation sites (N-methyl/N-ethyl adjacent to an activating group) is 1. The average molecular weight is 1010 g/mol. The second-order valence-electron chi connectivity index (χ2n) is 19.4. The summed E-state index contributed by atoms with van der Waals surface area (Å²) < 4.78 is 8.06. The largest absolute Gasteiger partial charge is 0.369 e. The van der Waals surface area contributed by atoms with Crippen LogP contribution in [0, 0.1) is 5.92 Å². The molecule has 3 aromatic carbocycles. The summed E-state index contributed by atoms with van der Waals surface area (Å²) in [6, 6.07) is 27.5. The van der Waals surface area contributed by atoms with E-state index in [-0.39, 0.29) is 60.3 Å². The highest BCUT2D eigenvalue weighted by atomic mass is 32.2. The van der Waals surface area contributed by atoms with Gasteiger partial charge in [0.05, 0.1) is 37.0 Å². The number of amidine groups is 1. The van der Waals surface area contributed by atoms with Gasteiger partial charge in [0.1, 0.15) is 17.8 Å². The number of amides is 4. The standard InChI is InChI=1S/C52H72N14O5S/c1-5-44(53)49(68)57-47-38(23-24-41-25-26-42(66(41)51(47)70)30-55-46(36-16-9-6-10-17-36)37-18-11-7-12-19-37)31-63-32-39(58-61-63)33-71-35(3)45(56-48(67)34(2)54-4)50(69)64-28-15-20-40(64)27-29-65-52(59-60-62-65)72-43-21-13-8-14-22-43/h6-14,16-19,21-22,32,34-35,38,40-42,44-47,54-55,60,62H,5,15,20,23-31,33,53H2,1-4H3,(H,56,67)(H,57,68)/t34-,35+,38+,40-,41-,42-,44?,45-,47-/m0/s1. The minimum atomic E-state index is -0.965. The first-order valence-electron chi connectivity index (χ1n) is 25.6. The van der Waals surface area contributed by atoms with Crippen molar-refractivity contribution < 1.29 is 23.9 Å². The minimum Gasteiger partial charge on any atom is -0.369 e. The smallest absolute Gasteiger partial charge is 0.248 e. The Labute approximate surface area is 427 Å². The van der Waals surface area contributed by atoms with Crippen molar-refractivity contribution in [3.05, 3.63) is 114 Å². The maximum atomic E-state index is 14.9. The number of hydrogen-bond acceptors (Lipinski definition) is 15. The first-order chi connectivity index (χ1) is 35.0. The molecular formula is C52H72N14O5S. The molecule has 72 heavy (non-hydrogen) atoms. The topological polar surface area (TPSA) is 228 Å². The average Bonchev–Trinajstić information content (AvgIpc) is 4.24. The van der Waals surface area contributed by atoms with E-state index in [1.165, 1.54) is 0 Å². The molecule has 0 spiro atoms. The van der Waals surface area contributed by atoms with E-state index < -0.39 is 30.3 Å². The Hall–Kier alpha value is -5.90. The first kappa shape index (κ1) is 52.4. The number of fused-ring (bicyclic) bond motifs is 1. The van der Waals surface area contributed by atoms with Crippen LogP contribution in [0.15, 0.2) is 107 Å². The van der Waals surface area contributed by atoms with Crippen molar-refractivity contribution in [2.24, 2.45) is 16.8 Å². The molecule has 0 saturated carbocycles. The summed E-state index contributed by atoms with van der Waals surface area (Å²) in [6.07, 6.45) is 7.04. The van der Waals surface area contributed by atoms with Crippen molar-refractivity contribution >= 4 is 40.6 Å². The van der Waals surface area contributed by atoms with Crippen LogP contribution in [0.2, 0.25) is 0 Å². The van der Waals surface area contributed by atoms with Crippen molar-refractivity contribution in [3.63, 3.8) is 0 Å². The van der Waals surface area contributed by atoms with Crippen molar-refractivity contribution in [1.82, 2.24) is 62.1 Å². The highest BCUT2D eigenvalue weighted by Crippen LogP contribution is 2.35. The quantitative estimate of drug-likeness (QED) is 0.0599. The summed E-state index contributed by atoms with van der Waals surface area (Å²) in [5.41, 5.74) is 15.0. The molecule has 4 aromatic rings. The Morgan fingerprint density at radius 2 is 1.60 bits per heavy atom. The zero-order chi connectivity index (χ0) is 50.6. The van der Waals surface area contributed by atoms with Gasteiger partial charge in [-0.05, 0) is 107 Å². The summed E-state index contributed by atoms with van der Waals surface area (Å²) >= 11 is 1.54. The van der Waals surface area contributed by atoms with Crippen LogP contribution in [0.3, 0.4) is 0 Å². The van der Waals surface area contributed by atoms with Crippen LogP contribution in [0.4, 0.5) is 0 Å². The molecule has 1 unspecified atom stereocenters. The fourth-order valence-corrected chi connectivity index (χ4v) is 11.2. The molecule has 3 saturated heterocycles. The predicted molar refractivity (Wildman–Crippen MR) is 276 cm³/mol. The number of carbonyl (C=O) groups excluding carboxylic acids is 4. The number of nitrogens with zero attached hydrogens (tertiary/aromatic N) is 7. The fourth-order valence-electron chi connectivity index (χ4n) is 10.3. The molecule has 1 aromatic heterocycles. The second-order valence-corrected chi connectivity index (χ2v) is 20.4. The third-order valence-electron chi connectivity index (χ3n) is 14.6. The van der Waals surface area contributed by atoms with Crippen LogP contribution in [0.25, 0.3) is 0 Å². The minimum absolute atomic E-state index is 0.0211. The summed E-state index contributed by atoms with van der Waals surface area (Å²) in [7, 11) is 1.70. The molecule has 0 aliphatic carbocycles. The van der Waals surface area contributed by atoms with Crippen LogP contribution >= 0.6 is 11.8 Å². The van der Waals surface area contributed by atoms with E-state index in [1.807, 2.05) is 88.5 Å². The van der Waals surface area contributed by atoms with E-state index in [2.05, 4.69) is 72.0 Å². The van der Waals surface area contributed by atoms with E-state index in [0.29, 0.717) is 51.1 Å². The lowest BCUT2D eigenvalue weighted by atomic mass is 9.92. The molecule has 386 valence electrons. The summed E-state index contributed by atoms with van der Waals surface area (Å²) in [6.45, 7) is 7.49. The zero-order valence-corrected chi connectivity index (χ0v) is 42.7. The number of rotatable bonds is 22. The number of hydrazone groups is 1. The predicted octanol–water partition coefficient (Wildman–Crippen LogP) is 3.42. The number of thioether (sulfide) groups is 1. The number of nitrogens with one attached hydrogen (secondary N) is 6. The lowest BCUT2D eigenvalue weighted by Crippen LogP contribution is -2.58. The third kappa shape index (κ3) is 13.0. The highest BCUT2D eigenvalue weighted by Gasteiger charge is 2.46. The summed E-state index contributed by atoms with van der Waals surface area (Å²) in [5.74, 6) is -1.27.